The number of aromatic nitrogens is 3. The van der Waals surface area contributed by atoms with Gasteiger partial charge >= 0.3 is 0 Å². The molecule has 0 aliphatic carbocycles. The van der Waals surface area contributed by atoms with Crippen molar-refractivity contribution in [2.24, 2.45) is 11.7 Å². The molecule has 0 amide bonds. The summed E-state index contributed by atoms with van der Waals surface area (Å²) in [6, 6.07) is 16.0. The van der Waals surface area contributed by atoms with Crippen molar-refractivity contribution in [2.45, 2.75) is 44.2 Å². The van der Waals surface area contributed by atoms with E-state index in [0.717, 1.165) is 53.8 Å². The summed E-state index contributed by atoms with van der Waals surface area (Å²) < 4.78 is 0. The predicted molar refractivity (Wildman–Crippen MR) is 158 cm³/mol. The van der Waals surface area contributed by atoms with E-state index in [1.807, 2.05) is 37.5 Å². The van der Waals surface area contributed by atoms with Crippen LogP contribution in [0.15, 0.2) is 73.3 Å². The maximum absolute atomic E-state index is 13.4. The number of pyridine rings is 3. The van der Waals surface area contributed by atoms with Crippen LogP contribution in [0.3, 0.4) is 0 Å². The van der Waals surface area contributed by atoms with Crippen molar-refractivity contribution in [1.82, 2.24) is 15.0 Å². The maximum atomic E-state index is 13.4. The van der Waals surface area contributed by atoms with E-state index in [9.17, 15) is 9.90 Å². The Bertz CT molecular complexity index is 1480. The molecule has 0 unspecified atom stereocenters. The third kappa shape index (κ3) is 5.42. The molecule has 2 aliphatic rings. The largest absolute Gasteiger partial charge is 0.391 e. The van der Waals surface area contributed by atoms with Gasteiger partial charge in [0.15, 0.2) is 5.78 Å². The Kier molecular flexibility index (Phi) is 7.45. The normalized spacial score (nSPS) is 22.0. The van der Waals surface area contributed by atoms with E-state index in [-0.39, 0.29) is 24.2 Å². The molecule has 4 aromatic rings. The summed E-state index contributed by atoms with van der Waals surface area (Å²) in [6.45, 7) is 5.18. The highest BCUT2D eigenvalue weighted by atomic mass is 16.3. The fourth-order valence-corrected chi connectivity index (χ4v) is 6.20. The topological polar surface area (TPSA) is 108 Å². The third-order valence-electron chi connectivity index (χ3n) is 8.53. The molecule has 2 fully saturated rings. The molecule has 0 spiro atoms. The smallest absolute Gasteiger partial charge is 0.185 e. The molecular weight excluding hydrogens is 500 g/mol. The highest BCUT2D eigenvalue weighted by Crippen LogP contribution is 2.32. The molecule has 8 heteroatoms. The minimum Gasteiger partial charge on any atom is -0.391 e. The van der Waals surface area contributed by atoms with E-state index in [4.69, 9.17) is 10.7 Å². The number of Topliss-reactive ketones (excluding diaryl/α,β-unsaturated/α-hetero) is 1. The molecule has 3 aromatic heterocycles. The number of hydrogen-bond acceptors (Lipinski definition) is 8. The fourth-order valence-electron chi connectivity index (χ4n) is 6.20. The third-order valence-corrected chi connectivity index (χ3v) is 8.53. The van der Waals surface area contributed by atoms with Crippen LogP contribution in [0.5, 0.6) is 0 Å². The summed E-state index contributed by atoms with van der Waals surface area (Å²) in [5.41, 5.74) is 11.8. The number of nitrogens with zero attached hydrogens (tertiary/aromatic N) is 5. The molecular formula is C32H36N6O2. The Hall–Kier alpha value is -3.88. The number of ketones is 1. The predicted octanol–water partition coefficient (Wildman–Crippen LogP) is 3.98. The maximum Gasteiger partial charge on any atom is 0.185 e. The van der Waals surface area contributed by atoms with Crippen LogP contribution in [0, 0.1) is 5.92 Å². The van der Waals surface area contributed by atoms with Gasteiger partial charge in [0, 0.05) is 91.7 Å². The zero-order valence-electron chi connectivity index (χ0n) is 22.9. The zero-order chi connectivity index (χ0) is 27.6. The molecule has 6 rings (SSSR count). The van der Waals surface area contributed by atoms with Crippen LogP contribution in [0.2, 0.25) is 0 Å². The van der Waals surface area contributed by atoms with Crippen molar-refractivity contribution in [3.8, 4) is 0 Å². The molecule has 0 bridgehead atoms. The molecule has 3 atom stereocenters. The van der Waals surface area contributed by atoms with E-state index < -0.39 is 6.10 Å². The lowest BCUT2D eigenvalue weighted by Crippen LogP contribution is -2.55. The van der Waals surface area contributed by atoms with Crippen LogP contribution >= 0.6 is 0 Å². The molecule has 3 N–H and O–H groups in total. The van der Waals surface area contributed by atoms with E-state index in [0.29, 0.717) is 24.7 Å². The molecule has 2 saturated heterocycles. The van der Waals surface area contributed by atoms with Crippen LogP contribution in [-0.4, -0.2) is 64.2 Å². The Morgan fingerprint density at radius 3 is 2.50 bits per heavy atom. The van der Waals surface area contributed by atoms with Gasteiger partial charge in [0.25, 0.3) is 0 Å². The number of benzene rings is 1. The first-order valence-corrected chi connectivity index (χ1v) is 14.2. The number of hydrogen-bond donors (Lipinski definition) is 2. The van der Waals surface area contributed by atoms with Crippen LogP contribution in [0.25, 0.3) is 10.9 Å². The first-order valence-electron chi connectivity index (χ1n) is 14.2. The minimum absolute atomic E-state index is 0.0400. The standard InChI is InChI=1S/C32H36N6O2/c1-21-19-38(20-27(33)32(21)40)30-8-13-35-18-25(30)16-31(39)28-5-3-24-2-4-26(17-29(24)36-28)37-14-9-23(10-15-37)22-6-11-34-12-7-22/h2-8,11-13,17-18,21,23,27,32,40H,9-10,14-16,19-20,33H2,1H3/t21-,27+,32+/m0/s1. The van der Waals surface area contributed by atoms with Gasteiger partial charge in [-0.1, -0.05) is 19.1 Å². The Morgan fingerprint density at radius 1 is 0.975 bits per heavy atom. The van der Waals surface area contributed by atoms with Gasteiger partial charge in [0.05, 0.1) is 11.6 Å². The van der Waals surface area contributed by atoms with Gasteiger partial charge in [-0.2, -0.15) is 0 Å². The van der Waals surface area contributed by atoms with Crippen LogP contribution in [0.4, 0.5) is 11.4 Å². The molecule has 2 aliphatic heterocycles. The molecule has 206 valence electrons. The molecule has 1 aromatic carbocycles. The van der Waals surface area contributed by atoms with E-state index >= 15 is 0 Å². The fraction of sp³-hybridized carbons (Fsp3) is 0.375. The lowest BCUT2D eigenvalue weighted by molar-refractivity contribution is 0.0784. The van der Waals surface area contributed by atoms with Crippen molar-refractivity contribution in [3.63, 3.8) is 0 Å². The second-order valence-electron chi connectivity index (χ2n) is 11.3. The van der Waals surface area contributed by atoms with Crippen molar-refractivity contribution in [2.75, 3.05) is 36.0 Å². The van der Waals surface area contributed by atoms with Crippen LogP contribution in [-0.2, 0) is 6.42 Å². The van der Waals surface area contributed by atoms with Gasteiger partial charge in [-0.3, -0.25) is 14.8 Å². The number of anilines is 2. The number of fused-ring (bicyclic) bond motifs is 1. The van der Waals surface area contributed by atoms with Gasteiger partial charge < -0.3 is 20.6 Å². The zero-order valence-corrected chi connectivity index (χ0v) is 22.9. The molecule has 8 nitrogen and oxygen atoms in total. The highest BCUT2D eigenvalue weighted by Gasteiger charge is 2.32. The first kappa shape index (κ1) is 26.3. The number of aliphatic hydroxyl groups is 1. The van der Waals surface area contributed by atoms with Crippen molar-refractivity contribution in [3.05, 3.63) is 90.1 Å². The monoisotopic (exact) mass is 536 g/mol. The van der Waals surface area contributed by atoms with Gasteiger partial charge in [0.1, 0.15) is 5.69 Å². The van der Waals surface area contributed by atoms with Gasteiger partial charge in [-0.05, 0) is 60.7 Å². The summed E-state index contributed by atoms with van der Waals surface area (Å²) >= 11 is 0. The summed E-state index contributed by atoms with van der Waals surface area (Å²) in [5.74, 6) is 0.556. The van der Waals surface area contributed by atoms with E-state index in [1.165, 1.54) is 5.56 Å². The minimum atomic E-state index is -0.525. The van der Waals surface area contributed by atoms with E-state index in [1.54, 1.807) is 12.4 Å². The second-order valence-corrected chi connectivity index (χ2v) is 11.3. The summed E-state index contributed by atoms with van der Waals surface area (Å²) in [5, 5.41) is 11.3. The molecule has 0 radical (unpaired) electrons. The Balaban J connectivity index is 1.17. The van der Waals surface area contributed by atoms with Gasteiger partial charge in [-0.15, -0.1) is 0 Å². The highest BCUT2D eigenvalue weighted by molar-refractivity contribution is 5.98. The van der Waals surface area contributed by atoms with Crippen molar-refractivity contribution >= 4 is 28.1 Å². The molecule has 5 heterocycles. The van der Waals surface area contributed by atoms with Crippen molar-refractivity contribution in [1.29, 1.82) is 0 Å². The number of piperidine rings is 2. The first-order chi connectivity index (χ1) is 19.5. The Labute approximate surface area is 234 Å². The van der Waals surface area contributed by atoms with Gasteiger partial charge in [0.2, 0.25) is 0 Å². The van der Waals surface area contributed by atoms with Crippen LogP contribution < -0.4 is 15.5 Å². The van der Waals surface area contributed by atoms with E-state index in [2.05, 4.69) is 50.1 Å². The average Bonchev–Trinajstić information content (AvgIpc) is 3.00. The number of carbonyl (C=O) groups excluding carboxylic acids is 1. The number of carbonyl (C=O) groups is 1. The summed E-state index contributed by atoms with van der Waals surface area (Å²) in [6.07, 6.45) is 9.11. The second kappa shape index (κ2) is 11.3. The Morgan fingerprint density at radius 2 is 1.73 bits per heavy atom. The lowest BCUT2D eigenvalue weighted by Gasteiger charge is -2.40. The van der Waals surface area contributed by atoms with Crippen molar-refractivity contribution < 1.29 is 9.90 Å². The molecule has 40 heavy (non-hydrogen) atoms. The summed E-state index contributed by atoms with van der Waals surface area (Å²) in [4.78, 5) is 31.2. The number of aliphatic hydroxyl groups excluding tert-OH is 1. The van der Waals surface area contributed by atoms with Gasteiger partial charge in [-0.25, -0.2) is 4.98 Å². The number of rotatable bonds is 6. The lowest BCUT2D eigenvalue weighted by atomic mass is 9.90. The van der Waals surface area contributed by atoms with Crippen LogP contribution in [0.1, 0.15) is 47.3 Å². The molecule has 0 saturated carbocycles. The SMILES string of the molecule is C[C@H]1CN(c2ccncc2CC(=O)c2ccc3ccc(N4CCC(c5ccncc5)CC4)cc3n2)C[C@@H](N)[C@@H]1O. The quantitative estimate of drug-likeness (QED) is 0.356. The summed E-state index contributed by atoms with van der Waals surface area (Å²) in [7, 11) is 0. The number of nitrogens with two attached hydrogens (primary N) is 1. The average molecular weight is 537 g/mol.